The van der Waals surface area contributed by atoms with E-state index in [9.17, 15) is 5.11 Å². The third-order valence-electron chi connectivity index (χ3n) is 4.81. The van der Waals surface area contributed by atoms with Crippen LogP contribution in [0.2, 0.25) is 0 Å². The van der Waals surface area contributed by atoms with E-state index in [2.05, 4.69) is 22.1 Å². The molecule has 0 radical (unpaired) electrons. The third kappa shape index (κ3) is 3.37. The fourth-order valence-corrected chi connectivity index (χ4v) is 3.69. The van der Waals surface area contributed by atoms with Gasteiger partial charge in [-0.05, 0) is 37.6 Å². The Balaban J connectivity index is 1.39. The van der Waals surface area contributed by atoms with E-state index in [0.29, 0.717) is 19.1 Å². The first-order valence-electron chi connectivity index (χ1n) is 8.65. The van der Waals surface area contributed by atoms with Crippen LogP contribution in [0, 0.1) is 0 Å². The summed E-state index contributed by atoms with van der Waals surface area (Å²) in [6, 6.07) is 12.6. The summed E-state index contributed by atoms with van der Waals surface area (Å²) in [6.45, 7) is 2.27. The second kappa shape index (κ2) is 6.79. The minimum atomic E-state index is -0.402. The van der Waals surface area contributed by atoms with Gasteiger partial charge in [0.25, 0.3) is 0 Å². The van der Waals surface area contributed by atoms with Crippen LogP contribution in [0.1, 0.15) is 18.6 Å². The van der Waals surface area contributed by atoms with E-state index in [0.717, 1.165) is 36.1 Å². The molecule has 5 nitrogen and oxygen atoms in total. The lowest BCUT2D eigenvalue weighted by Crippen LogP contribution is -2.39. The fraction of sp³-hybridized carbons (Fsp3) is 0.421. The number of hydrogen-bond donors (Lipinski definition) is 1. The van der Waals surface area contributed by atoms with E-state index in [1.54, 1.807) is 10.9 Å². The highest BCUT2D eigenvalue weighted by atomic mass is 16.3. The SMILES string of the molecule is OC(CN1CCCC1Cc1cc2ccccc2o1)Cn1cccn1. The summed E-state index contributed by atoms with van der Waals surface area (Å²) in [5, 5.41) is 15.7. The van der Waals surface area contributed by atoms with Crippen molar-refractivity contribution >= 4 is 11.0 Å². The number of rotatable bonds is 6. The van der Waals surface area contributed by atoms with Crippen LogP contribution in [0.3, 0.4) is 0 Å². The number of hydrogen-bond acceptors (Lipinski definition) is 4. The first kappa shape index (κ1) is 15.4. The lowest BCUT2D eigenvalue weighted by Gasteiger charge is -2.26. The van der Waals surface area contributed by atoms with Crippen LogP contribution in [-0.4, -0.2) is 45.0 Å². The molecule has 0 saturated carbocycles. The van der Waals surface area contributed by atoms with E-state index in [4.69, 9.17) is 4.42 Å². The maximum Gasteiger partial charge on any atom is 0.134 e. The Labute approximate surface area is 141 Å². The van der Waals surface area contributed by atoms with E-state index >= 15 is 0 Å². The van der Waals surface area contributed by atoms with Crippen molar-refractivity contribution in [2.24, 2.45) is 0 Å². The summed E-state index contributed by atoms with van der Waals surface area (Å²) in [5.74, 6) is 1.04. The van der Waals surface area contributed by atoms with E-state index in [-0.39, 0.29) is 0 Å². The van der Waals surface area contributed by atoms with Gasteiger partial charge in [-0.1, -0.05) is 18.2 Å². The molecule has 0 bridgehead atoms. The Bertz CT molecular complexity index is 748. The molecule has 1 saturated heterocycles. The first-order chi connectivity index (χ1) is 11.8. The Kier molecular flexibility index (Phi) is 4.36. The predicted molar refractivity (Wildman–Crippen MR) is 92.7 cm³/mol. The molecule has 1 N–H and O–H groups in total. The van der Waals surface area contributed by atoms with Gasteiger partial charge in [-0.2, -0.15) is 5.10 Å². The maximum atomic E-state index is 10.4. The van der Waals surface area contributed by atoms with Crippen LogP contribution in [-0.2, 0) is 13.0 Å². The highest BCUT2D eigenvalue weighted by molar-refractivity contribution is 5.77. The molecule has 1 fully saturated rings. The lowest BCUT2D eigenvalue weighted by atomic mass is 10.1. The number of para-hydroxylation sites is 1. The molecule has 24 heavy (non-hydrogen) atoms. The van der Waals surface area contributed by atoms with Gasteiger partial charge in [0.05, 0.1) is 12.6 Å². The summed E-state index contributed by atoms with van der Waals surface area (Å²) in [4.78, 5) is 2.39. The monoisotopic (exact) mass is 325 g/mol. The third-order valence-corrected chi connectivity index (χ3v) is 4.81. The molecule has 3 aromatic rings. The molecule has 0 aliphatic carbocycles. The zero-order valence-electron chi connectivity index (χ0n) is 13.7. The standard InChI is InChI=1S/C19H23N3O2/c23-17(14-22-10-4-8-20-22)13-21-9-3-6-16(21)12-18-11-15-5-1-2-7-19(15)24-18/h1-2,4-5,7-8,10-11,16-17,23H,3,6,9,12-14H2. The smallest absolute Gasteiger partial charge is 0.134 e. The van der Waals surface area contributed by atoms with Gasteiger partial charge in [0, 0.05) is 36.8 Å². The molecule has 1 aliphatic rings. The Morgan fingerprint density at radius 2 is 2.17 bits per heavy atom. The molecule has 0 spiro atoms. The number of aliphatic hydroxyl groups is 1. The molecule has 1 aromatic carbocycles. The van der Waals surface area contributed by atoms with Gasteiger partial charge in [-0.15, -0.1) is 0 Å². The number of β-amino-alcohol motifs (C(OH)–C–C–N with tert-alkyl or cyclic N) is 1. The zero-order chi connectivity index (χ0) is 16.4. The van der Waals surface area contributed by atoms with Crippen LogP contribution < -0.4 is 0 Å². The van der Waals surface area contributed by atoms with E-state index < -0.39 is 6.10 Å². The molecular weight excluding hydrogens is 302 g/mol. The molecule has 1 aliphatic heterocycles. The summed E-state index contributed by atoms with van der Waals surface area (Å²) < 4.78 is 7.75. The van der Waals surface area contributed by atoms with Crippen LogP contribution in [0.5, 0.6) is 0 Å². The van der Waals surface area contributed by atoms with Gasteiger partial charge in [-0.25, -0.2) is 0 Å². The van der Waals surface area contributed by atoms with Gasteiger partial charge in [0.1, 0.15) is 11.3 Å². The predicted octanol–water partition coefficient (Wildman–Crippen LogP) is 2.70. The lowest BCUT2D eigenvalue weighted by molar-refractivity contribution is 0.0881. The Morgan fingerprint density at radius 1 is 1.25 bits per heavy atom. The van der Waals surface area contributed by atoms with Crippen molar-refractivity contribution in [3.8, 4) is 0 Å². The van der Waals surface area contributed by atoms with Crippen molar-refractivity contribution in [1.82, 2.24) is 14.7 Å². The number of furan rings is 1. The zero-order valence-corrected chi connectivity index (χ0v) is 13.7. The average Bonchev–Trinajstić information content (AvgIpc) is 3.29. The maximum absolute atomic E-state index is 10.4. The van der Waals surface area contributed by atoms with Crippen LogP contribution in [0.25, 0.3) is 11.0 Å². The number of likely N-dealkylation sites (tertiary alicyclic amines) is 1. The normalized spacial score (nSPS) is 20.0. The molecule has 126 valence electrons. The largest absolute Gasteiger partial charge is 0.461 e. The molecule has 5 heteroatoms. The molecule has 3 heterocycles. The summed E-state index contributed by atoms with van der Waals surface area (Å²) in [6.07, 6.45) is 6.47. The molecule has 2 aromatic heterocycles. The molecule has 4 rings (SSSR count). The van der Waals surface area contributed by atoms with Crippen molar-refractivity contribution in [1.29, 1.82) is 0 Å². The molecule has 2 unspecified atom stereocenters. The summed E-state index contributed by atoms with van der Waals surface area (Å²) in [7, 11) is 0. The number of aromatic nitrogens is 2. The van der Waals surface area contributed by atoms with Crippen LogP contribution in [0.15, 0.2) is 53.2 Å². The number of nitrogens with zero attached hydrogens (tertiary/aromatic N) is 3. The fourth-order valence-electron chi connectivity index (χ4n) is 3.69. The second-order valence-electron chi connectivity index (χ2n) is 6.63. The quantitative estimate of drug-likeness (QED) is 0.757. The van der Waals surface area contributed by atoms with Gasteiger partial charge < -0.3 is 9.52 Å². The van der Waals surface area contributed by atoms with Gasteiger partial charge >= 0.3 is 0 Å². The van der Waals surface area contributed by atoms with Crippen LogP contribution in [0.4, 0.5) is 0 Å². The average molecular weight is 325 g/mol. The Hall–Kier alpha value is -2.11. The number of benzene rings is 1. The minimum absolute atomic E-state index is 0.402. The molecule has 0 amide bonds. The van der Waals surface area contributed by atoms with Crippen LogP contribution >= 0.6 is 0 Å². The molecule has 2 atom stereocenters. The van der Waals surface area contributed by atoms with Crippen molar-refractivity contribution in [3.05, 3.63) is 54.6 Å². The second-order valence-corrected chi connectivity index (χ2v) is 6.63. The number of aliphatic hydroxyl groups excluding tert-OH is 1. The van der Waals surface area contributed by atoms with Crippen molar-refractivity contribution in [2.75, 3.05) is 13.1 Å². The summed E-state index contributed by atoms with van der Waals surface area (Å²) >= 11 is 0. The van der Waals surface area contributed by atoms with Crippen molar-refractivity contribution in [3.63, 3.8) is 0 Å². The van der Waals surface area contributed by atoms with E-state index in [1.165, 1.54) is 6.42 Å². The van der Waals surface area contributed by atoms with Gasteiger partial charge in [0.15, 0.2) is 0 Å². The van der Waals surface area contributed by atoms with Crippen molar-refractivity contribution < 1.29 is 9.52 Å². The molecular formula is C19H23N3O2. The van der Waals surface area contributed by atoms with Gasteiger partial charge in [-0.3, -0.25) is 9.58 Å². The van der Waals surface area contributed by atoms with E-state index in [1.807, 2.05) is 30.5 Å². The first-order valence-corrected chi connectivity index (χ1v) is 8.65. The summed E-state index contributed by atoms with van der Waals surface area (Å²) in [5.41, 5.74) is 0.954. The van der Waals surface area contributed by atoms with Crippen molar-refractivity contribution in [2.45, 2.75) is 38.0 Å². The highest BCUT2D eigenvalue weighted by Gasteiger charge is 2.27. The highest BCUT2D eigenvalue weighted by Crippen LogP contribution is 2.25. The van der Waals surface area contributed by atoms with Gasteiger partial charge in [0.2, 0.25) is 0 Å². The Morgan fingerprint density at radius 3 is 3.00 bits per heavy atom. The number of fused-ring (bicyclic) bond motifs is 1. The topological polar surface area (TPSA) is 54.4 Å². The minimum Gasteiger partial charge on any atom is -0.461 e.